The van der Waals surface area contributed by atoms with Gasteiger partial charge in [0.2, 0.25) is 5.91 Å². The predicted octanol–water partition coefficient (Wildman–Crippen LogP) is 3.69. The van der Waals surface area contributed by atoms with E-state index in [-0.39, 0.29) is 11.9 Å². The van der Waals surface area contributed by atoms with Crippen molar-refractivity contribution in [1.82, 2.24) is 0 Å². The zero-order valence-corrected chi connectivity index (χ0v) is 13.4. The highest BCUT2D eigenvalue weighted by Gasteiger charge is 2.30. The molecule has 0 saturated carbocycles. The van der Waals surface area contributed by atoms with E-state index in [2.05, 4.69) is 44.3 Å². The lowest BCUT2D eigenvalue weighted by molar-refractivity contribution is -0.117. The molecule has 0 radical (unpaired) electrons. The van der Waals surface area contributed by atoms with Crippen molar-refractivity contribution in [2.24, 2.45) is 0 Å². The molecule has 3 rings (SSSR count). The molecule has 114 valence electrons. The number of aryl methyl sites for hydroxylation is 2. The fourth-order valence-electron chi connectivity index (χ4n) is 3.29. The highest BCUT2D eigenvalue weighted by Crippen LogP contribution is 2.31. The van der Waals surface area contributed by atoms with Crippen LogP contribution >= 0.6 is 0 Å². The van der Waals surface area contributed by atoms with Gasteiger partial charge in [0, 0.05) is 17.4 Å². The molecule has 1 aliphatic heterocycles. The van der Waals surface area contributed by atoms with Gasteiger partial charge >= 0.3 is 0 Å². The Kier molecular flexibility index (Phi) is 3.88. The van der Waals surface area contributed by atoms with Gasteiger partial charge < -0.3 is 10.2 Å². The maximum atomic E-state index is 12.7. The average molecular weight is 294 g/mol. The summed E-state index contributed by atoms with van der Waals surface area (Å²) in [5, 5.41) is 3.32. The monoisotopic (exact) mass is 294 g/mol. The van der Waals surface area contributed by atoms with Gasteiger partial charge in [-0.2, -0.15) is 0 Å². The molecule has 2 aromatic carbocycles. The molecule has 1 unspecified atom stereocenters. The van der Waals surface area contributed by atoms with Crippen LogP contribution in [-0.2, 0) is 11.2 Å². The summed E-state index contributed by atoms with van der Waals surface area (Å²) < 4.78 is 0. The highest BCUT2D eigenvalue weighted by molar-refractivity contribution is 5.98. The molecule has 1 N–H and O–H groups in total. The predicted molar refractivity (Wildman–Crippen MR) is 91.5 cm³/mol. The number of carbonyl (C=O) groups excluding carboxylic acids is 1. The van der Waals surface area contributed by atoms with Crippen molar-refractivity contribution in [3.8, 4) is 0 Å². The smallest absolute Gasteiger partial charge is 0.246 e. The van der Waals surface area contributed by atoms with E-state index in [0.717, 1.165) is 17.8 Å². The molecule has 0 fully saturated rings. The van der Waals surface area contributed by atoms with E-state index in [1.807, 2.05) is 29.2 Å². The standard InChI is InChI=1S/C19H22N2O/c1-13-7-6-8-14(2)19(13)20-12-18(22)21-15(3)11-16-9-4-5-10-17(16)21/h4-10,15,20H,11-12H2,1-3H3. The zero-order valence-electron chi connectivity index (χ0n) is 13.4. The SMILES string of the molecule is Cc1cccc(C)c1NCC(=O)N1c2ccccc2CC1C. The van der Waals surface area contributed by atoms with Crippen LogP contribution in [0.4, 0.5) is 11.4 Å². The molecule has 3 heteroatoms. The number of rotatable bonds is 3. The molecular weight excluding hydrogens is 272 g/mol. The summed E-state index contributed by atoms with van der Waals surface area (Å²) in [7, 11) is 0. The van der Waals surface area contributed by atoms with Gasteiger partial charge in [-0.25, -0.2) is 0 Å². The molecule has 1 heterocycles. The first-order chi connectivity index (χ1) is 10.6. The number of carbonyl (C=O) groups is 1. The van der Waals surface area contributed by atoms with E-state index in [4.69, 9.17) is 0 Å². The number of fused-ring (bicyclic) bond motifs is 1. The van der Waals surface area contributed by atoms with Crippen LogP contribution in [0.3, 0.4) is 0 Å². The van der Waals surface area contributed by atoms with Crippen LogP contribution < -0.4 is 10.2 Å². The van der Waals surface area contributed by atoms with Crippen LogP contribution in [0.2, 0.25) is 0 Å². The van der Waals surface area contributed by atoms with Crippen molar-refractivity contribution in [2.45, 2.75) is 33.2 Å². The molecule has 0 bridgehead atoms. The third-order valence-electron chi connectivity index (χ3n) is 4.37. The molecule has 1 amide bonds. The number of benzene rings is 2. The Bertz CT molecular complexity index is 688. The summed E-state index contributed by atoms with van der Waals surface area (Å²) in [6, 6.07) is 14.6. The van der Waals surface area contributed by atoms with Crippen molar-refractivity contribution >= 4 is 17.3 Å². The Hall–Kier alpha value is -2.29. The fourth-order valence-corrected chi connectivity index (χ4v) is 3.29. The number of nitrogens with zero attached hydrogens (tertiary/aromatic N) is 1. The summed E-state index contributed by atoms with van der Waals surface area (Å²) in [6.45, 7) is 6.56. The van der Waals surface area contributed by atoms with Crippen molar-refractivity contribution in [3.05, 3.63) is 59.2 Å². The third kappa shape index (κ3) is 2.59. The molecule has 0 aliphatic carbocycles. The lowest BCUT2D eigenvalue weighted by atomic mass is 10.1. The van der Waals surface area contributed by atoms with Crippen LogP contribution in [0.15, 0.2) is 42.5 Å². The molecule has 1 atom stereocenters. The topological polar surface area (TPSA) is 32.3 Å². The maximum absolute atomic E-state index is 12.7. The van der Waals surface area contributed by atoms with Gasteiger partial charge in [0.15, 0.2) is 0 Å². The lowest BCUT2D eigenvalue weighted by Gasteiger charge is -2.23. The van der Waals surface area contributed by atoms with Crippen LogP contribution in [-0.4, -0.2) is 18.5 Å². The summed E-state index contributed by atoms with van der Waals surface area (Å²) in [6.07, 6.45) is 0.936. The molecular formula is C19H22N2O. The second-order valence-electron chi connectivity index (χ2n) is 6.07. The number of anilines is 2. The van der Waals surface area contributed by atoms with Gasteiger partial charge in [0.25, 0.3) is 0 Å². The molecule has 2 aromatic rings. The average Bonchev–Trinajstić information content (AvgIpc) is 2.82. The largest absolute Gasteiger partial charge is 0.376 e. The zero-order chi connectivity index (χ0) is 15.7. The lowest BCUT2D eigenvalue weighted by Crippen LogP contribution is -2.39. The Morgan fingerprint density at radius 2 is 1.82 bits per heavy atom. The maximum Gasteiger partial charge on any atom is 0.246 e. The minimum Gasteiger partial charge on any atom is -0.376 e. The minimum absolute atomic E-state index is 0.125. The summed E-state index contributed by atoms with van der Waals surface area (Å²) in [5.41, 5.74) is 5.72. The molecule has 0 saturated heterocycles. The summed E-state index contributed by atoms with van der Waals surface area (Å²) in [4.78, 5) is 14.6. The third-order valence-corrected chi connectivity index (χ3v) is 4.37. The normalized spacial score (nSPS) is 16.5. The fraction of sp³-hybridized carbons (Fsp3) is 0.316. The Balaban J connectivity index is 1.76. The van der Waals surface area contributed by atoms with E-state index in [0.29, 0.717) is 6.54 Å². The van der Waals surface area contributed by atoms with Crippen LogP contribution in [0.25, 0.3) is 0 Å². The number of nitrogens with one attached hydrogen (secondary N) is 1. The van der Waals surface area contributed by atoms with Crippen LogP contribution in [0.1, 0.15) is 23.6 Å². The van der Waals surface area contributed by atoms with Gasteiger partial charge in [-0.1, -0.05) is 36.4 Å². The van der Waals surface area contributed by atoms with Crippen molar-refractivity contribution < 1.29 is 4.79 Å². The molecule has 0 spiro atoms. The van der Waals surface area contributed by atoms with Crippen LogP contribution in [0.5, 0.6) is 0 Å². The van der Waals surface area contributed by atoms with E-state index in [1.54, 1.807) is 0 Å². The van der Waals surface area contributed by atoms with Gasteiger partial charge in [-0.05, 0) is 49.9 Å². The molecule has 0 aromatic heterocycles. The van der Waals surface area contributed by atoms with Gasteiger partial charge in [0.1, 0.15) is 0 Å². The van der Waals surface area contributed by atoms with Gasteiger partial charge in [0.05, 0.1) is 6.54 Å². The van der Waals surface area contributed by atoms with Crippen molar-refractivity contribution in [1.29, 1.82) is 0 Å². The van der Waals surface area contributed by atoms with Gasteiger partial charge in [-0.3, -0.25) is 4.79 Å². The summed E-state index contributed by atoms with van der Waals surface area (Å²) >= 11 is 0. The molecule has 3 nitrogen and oxygen atoms in total. The second kappa shape index (κ2) is 5.84. The van der Waals surface area contributed by atoms with Crippen LogP contribution in [0, 0.1) is 13.8 Å². The number of hydrogen-bond acceptors (Lipinski definition) is 2. The van der Waals surface area contributed by atoms with Gasteiger partial charge in [-0.15, -0.1) is 0 Å². The first-order valence-electron chi connectivity index (χ1n) is 7.78. The first kappa shape index (κ1) is 14.6. The van der Waals surface area contributed by atoms with E-state index in [1.165, 1.54) is 16.7 Å². The van der Waals surface area contributed by atoms with Crippen molar-refractivity contribution in [3.63, 3.8) is 0 Å². The quantitative estimate of drug-likeness (QED) is 0.936. The highest BCUT2D eigenvalue weighted by atomic mass is 16.2. The van der Waals surface area contributed by atoms with E-state index < -0.39 is 0 Å². The Labute approximate surface area is 132 Å². The summed E-state index contributed by atoms with van der Waals surface area (Å²) in [5.74, 6) is 0.125. The minimum atomic E-state index is 0.125. The molecule has 1 aliphatic rings. The van der Waals surface area contributed by atoms with E-state index in [9.17, 15) is 4.79 Å². The number of hydrogen-bond donors (Lipinski definition) is 1. The second-order valence-corrected chi connectivity index (χ2v) is 6.07. The Morgan fingerprint density at radius 3 is 2.55 bits per heavy atom. The number of para-hydroxylation sites is 2. The van der Waals surface area contributed by atoms with E-state index >= 15 is 0 Å². The first-order valence-corrected chi connectivity index (χ1v) is 7.78. The molecule has 22 heavy (non-hydrogen) atoms. The van der Waals surface area contributed by atoms with Crippen molar-refractivity contribution in [2.75, 3.05) is 16.8 Å². The Morgan fingerprint density at radius 1 is 1.14 bits per heavy atom. The number of amides is 1.